The van der Waals surface area contributed by atoms with E-state index in [0.717, 1.165) is 15.2 Å². The third-order valence-corrected chi connectivity index (χ3v) is 5.29. The lowest BCUT2D eigenvalue weighted by atomic mass is 10.2. The van der Waals surface area contributed by atoms with Crippen molar-refractivity contribution in [3.63, 3.8) is 0 Å². The zero-order valence-electron chi connectivity index (χ0n) is 11.4. The van der Waals surface area contributed by atoms with Gasteiger partial charge in [-0.2, -0.15) is 0 Å². The number of rotatable bonds is 2. The smallest absolute Gasteiger partial charge is 0.210 e. The lowest BCUT2D eigenvalue weighted by molar-refractivity contribution is 1.10. The molecule has 2 nitrogen and oxygen atoms in total. The van der Waals surface area contributed by atoms with Gasteiger partial charge in [-0.25, -0.2) is 9.97 Å². The van der Waals surface area contributed by atoms with Crippen LogP contribution in [0.1, 0.15) is 16.0 Å². The summed E-state index contributed by atoms with van der Waals surface area (Å²) < 4.78 is 0. The molecule has 0 aliphatic carbocycles. The average molecular weight is 321 g/mol. The molecule has 0 amide bonds. The van der Waals surface area contributed by atoms with Crippen molar-refractivity contribution >= 4 is 44.9 Å². The van der Waals surface area contributed by atoms with Crippen molar-refractivity contribution in [3.8, 4) is 0 Å². The van der Waals surface area contributed by atoms with Crippen LogP contribution >= 0.6 is 34.7 Å². The predicted octanol–water partition coefficient (Wildman–Crippen LogP) is 5.42. The molecule has 0 bridgehead atoms. The number of benzene rings is 1. The second kappa shape index (κ2) is 5.35. The molecule has 3 aromatic rings. The maximum Gasteiger partial charge on any atom is 0.224 e. The number of aryl methyl sites for hydroxylation is 3. The molecule has 0 aliphatic heterocycles. The van der Waals surface area contributed by atoms with Crippen LogP contribution < -0.4 is 0 Å². The van der Waals surface area contributed by atoms with E-state index in [9.17, 15) is 0 Å². The van der Waals surface area contributed by atoms with Crippen molar-refractivity contribution in [1.82, 2.24) is 9.97 Å². The van der Waals surface area contributed by atoms with E-state index in [1.54, 1.807) is 23.1 Å². The fourth-order valence-electron chi connectivity index (χ4n) is 2.09. The maximum absolute atomic E-state index is 6.04. The molecule has 0 saturated carbocycles. The van der Waals surface area contributed by atoms with Gasteiger partial charge in [0.05, 0.1) is 0 Å². The third kappa shape index (κ3) is 2.68. The average Bonchev–Trinajstić information content (AvgIpc) is 2.73. The number of hydrogen-bond acceptors (Lipinski definition) is 4. The topological polar surface area (TPSA) is 25.8 Å². The monoisotopic (exact) mass is 320 g/mol. The second-order valence-electron chi connectivity index (χ2n) is 4.74. The predicted molar refractivity (Wildman–Crippen MR) is 87.2 cm³/mol. The van der Waals surface area contributed by atoms with E-state index in [2.05, 4.69) is 55.0 Å². The van der Waals surface area contributed by atoms with Crippen LogP contribution in [0.4, 0.5) is 0 Å². The summed E-state index contributed by atoms with van der Waals surface area (Å²) in [6.07, 6.45) is 0. The summed E-state index contributed by atoms with van der Waals surface area (Å²) in [5.41, 5.74) is 2.52. The van der Waals surface area contributed by atoms with Crippen LogP contribution in [0, 0.1) is 20.8 Å². The van der Waals surface area contributed by atoms with Crippen molar-refractivity contribution in [2.24, 2.45) is 0 Å². The molecular formula is C15H13ClN2S2. The fraction of sp³-hybridized carbons (Fsp3) is 0.200. The molecule has 0 saturated heterocycles. The summed E-state index contributed by atoms with van der Waals surface area (Å²) in [5.74, 6) is 0. The molecule has 2 heterocycles. The molecule has 102 valence electrons. The van der Waals surface area contributed by atoms with Gasteiger partial charge in [-0.15, -0.1) is 11.3 Å². The summed E-state index contributed by atoms with van der Waals surface area (Å²) in [6, 6.07) is 8.56. The fourth-order valence-corrected chi connectivity index (χ4v) is 4.26. The van der Waals surface area contributed by atoms with Crippen molar-refractivity contribution in [3.05, 3.63) is 45.6 Å². The Hall–Kier alpha value is -1.10. The first kappa shape index (κ1) is 13.9. The van der Waals surface area contributed by atoms with E-state index >= 15 is 0 Å². The Bertz CT molecular complexity index is 796. The van der Waals surface area contributed by atoms with Gasteiger partial charge in [0.1, 0.15) is 9.86 Å². The van der Waals surface area contributed by atoms with Gasteiger partial charge in [0, 0.05) is 15.2 Å². The van der Waals surface area contributed by atoms with E-state index in [4.69, 9.17) is 11.6 Å². The van der Waals surface area contributed by atoms with E-state index < -0.39 is 0 Å². The van der Waals surface area contributed by atoms with Gasteiger partial charge in [0.25, 0.3) is 0 Å². The Morgan fingerprint density at radius 3 is 2.65 bits per heavy atom. The van der Waals surface area contributed by atoms with Gasteiger partial charge >= 0.3 is 0 Å². The lowest BCUT2D eigenvalue weighted by Gasteiger charge is -2.07. The van der Waals surface area contributed by atoms with E-state index in [-0.39, 0.29) is 0 Å². The highest BCUT2D eigenvalue weighted by molar-refractivity contribution is 7.99. The Kier molecular flexibility index (Phi) is 3.71. The van der Waals surface area contributed by atoms with Crippen LogP contribution in [0.5, 0.6) is 0 Å². The quantitative estimate of drug-likeness (QED) is 0.465. The standard InChI is InChI=1S/C15H13ClN2S2/c1-8-4-5-12(9(2)6-8)20-14-11-7-10(3)19-13(11)17-15(16)18-14/h4-7H,1-3H3. The highest BCUT2D eigenvalue weighted by atomic mass is 35.5. The number of aromatic nitrogens is 2. The molecule has 1 aromatic carbocycles. The van der Waals surface area contributed by atoms with Crippen LogP contribution in [0.3, 0.4) is 0 Å². The molecule has 0 spiro atoms. The molecule has 0 fully saturated rings. The Morgan fingerprint density at radius 1 is 1.10 bits per heavy atom. The van der Waals surface area contributed by atoms with Gasteiger partial charge in [-0.1, -0.05) is 29.5 Å². The molecule has 20 heavy (non-hydrogen) atoms. The third-order valence-electron chi connectivity index (χ3n) is 2.99. The summed E-state index contributed by atoms with van der Waals surface area (Å²) in [4.78, 5) is 12.1. The highest BCUT2D eigenvalue weighted by Gasteiger charge is 2.12. The Balaban J connectivity index is 2.10. The van der Waals surface area contributed by atoms with Gasteiger partial charge < -0.3 is 0 Å². The Morgan fingerprint density at radius 2 is 1.90 bits per heavy atom. The summed E-state index contributed by atoms with van der Waals surface area (Å²) >= 11 is 9.34. The SMILES string of the molecule is Cc1ccc(Sc2nc(Cl)nc3sc(C)cc23)c(C)c1. The van der Waals surface area contributed by atoms with Crippen molar-refractivity contribution in [1.29, 1.82) is 0 Å². The molecule has 0 unspecified atom stereocenters. The van der Waals surface area contributed by atoms with Crippen LogP contribution in [-0.4, -0.2) is 9.97 Å². The summed E-state index contributed by atoms with van der Waals surface area (Å²) in [5, 5.41) is 2.32. The summed E-state index contributed by atoms with van der Waals surface area (Å²) in [6.45, 7) is 6.30. The first-order valence-electron chi connectivity index (χ1n) is 6.22. The zero-order valence-corrected chi connectivity index (χ0v) is 13.8. The minimum Gasteiger partial charge on any atom is -0.210 e. The second-order valence-corrected chi connectivity index (χ2v) is 7.35. The van der Waals surface area contributed by atoms with Crippen LogP contribution in [0.15, 0.2) is 34.2 Å². The molecule has 3 rings (SSSR count). The van der Waals surface area contributed by atoms with E-state index in [1.807, 2.05) is 0 Å². The maximum atomic E-state index is 6.04. The van der Waals surface area contributed by atoms with Gasteiger partial charge in [0.15, 0.2) is 0 Å². The molecule has 0 radical (unpaired) electrons. The van der Waals surface area contributed by atoms with Crippen LogP contribution in [-0.2, 0) is 0 Å². The van der Waals surface area contributed by atoms with Gasteiger partial charge in [0.2, 0.25) is 5.28 Å². The van der Waals surface area contributed by atoms with Crippen molar-refractivity contribution in [2.75, 3.05) is 0 Å². The molecule has 0 aliphatic rings. The van der Waals surface area contributed by atoms with Crippen molar-refractivity contribution < 1.29 is 0 Å². The Labute approximate surface area is 131 Å². The van der Waals surface area contributed by atoms with Crippen molar-refractivity contribution in [2.45, 2.75) is 30.7 Å². The first-order valence-corrected chi connectivity index (χ1v) is 8.23. The lowest BCUT2D eigenvalue weighted by Crippen LogP contribution is -1.88. The molecular weight excluding hydrogens is 308 g/mol. The van der Waals surface area contributed by atoms with E-state index in [1.165, 1.54) is 20.9 Å². The van der Waals surface area contributed by atoms with Gasteiger partial charge in [-0.05, 0) is 50.1 Å². The molecule has 0 N–H and O–H groups in total. The number of halogens is 1. The minimum absolute atomic E-state index is 0.312. The number of fused-ring (bicyclic) bond motifs is 1. The number of thiophene rings is 1. The van der Waals surface area contributed by atoms with Gasteiger partial charge in [-0.3, -0.25) is 0 Å². The normalized spacial score (nSPS) is 11.2. The largest absolute Gasteiger partial charge is 0.224 e. The van der Waals surface area contributed by atoms with Crippen LogP contribution in [0.25, 0.3) is 10.2 Å². The summed E-state index contributed by atoms with van der Waals surface area (Å²) in [7, 11) is 0. The molecule has 5 heteroatoms. The molecule has 2 aromatic heterocycles. The van der Waals surface area contributed by atoms with E-state index in [0.29, 0.717) is 5.28 Å². The number of hydrogen-bond donors (Lipinski definition) is 0. The highest BCUT2D eigenvalue weighted by Crippen LogP contribution is 2.37. The zero-order chi connectivity index (χ0) is 14.3. The first-order chi connectivity index (χ1) is 9.52. The molecule has 0 atom stereocenters. The number of nitrogens with zero attached hydrogens (tertiary/aromatic N) is 2. The van der Waals surface area contributed by atoms with Crippen LogP contribution in [0.2, 0.25) is 5.28 Å². The minimum atomic E-state index is 0.312.